The van der Waals surface area contributed by atoms with Crippen LogP contribution in [-0.4, -0.2) is 104 Å². The van der Waals surface area contributed by atoms with Crippen LogP contribution >= 0.6 is 0 Å². The Bertz CT molecular complexity index is 1240. The Morgan fingerprint density at radius 3 is 2.80 bits per heavy atom. The number of anilines is 2. The standard InChI is InChI=1S/C31H43N7O2/c1-4-29(39)38-17-16-36(20-25(38)19-32-2)30-26-12-11-23(37-15-13-22-8-5-6-10-28(22)37)18-27(26)33-31(34-30)40-21-24-9-7-14-35(24)3/h4-6,8,10,23-25,32H,1,7,9,11-21H2,2-3H3/t23?,24-,25-/m0/s1. The van der Waals surface area contributed by atoms with E-state index in [2.05, 4.69) is 57.9 Å². The maximum atomic E-state index is 12.6. The summed E-state index contributed by atoms with van der Waals surface area (Å²) in [4.78, 5) is 31.9. The zero-order chi connectivity index (χ0) is 27.6. The van der Waals surface area contributed by atoms with Crippen LogP contribution in [0.5, 0.6) is 6.01 Å². The number of rotatable bonds is 8. The third-order valence-electron chi connectivity index (χ3n) is 9.33. The average Bonchev–Trinajstić information content (AvgIpc) is 3.61. The van der Waals surface area contributed by atoms with Gasteiger partial charge in [-0.25, -0.2) is 0 Å². The first kappa shape index (κ1) is 27.0. The van der Waals surface area contributed by atoms with Gasteiger partial charge in [0.15, 0.2) is 0 Å². The Balaban J connectivity index is 1.28. The predicted molar refractivity (Wildman–Crippen MR) is 158 cm³/mol. The van der Waals surface area contributed by atoms with Gasteiger partial charge in [0.05, 0.1) is 11.7 Å². The van der Waals surface area contributed by atoms with Crippen molar-refractivity contribution in [1.82, 2.24) is 25.1 Å². The lowest BCUT2D eigenvalue weighted by molar-refractivity contribution is -0.128. The quantitative estimate of drug-likeness (QED) is 0.507. The van der Waals surface area contributed by atoms with Crippen LogP contribution in [0.4, 0.5) is 11.5 Å². The lowest BCUT2D eigenvalue weighted by atomic mass is 9.90. The Kier molecular flexibility index (Phi) is 7.94. The van der Waals surface area contributed by atoms with Gasteiger partial charge in [0.1, 0.15) is 12.4 Å². The third-order valence-corrected chi connectivity index (χ3v) is 9.33. The summed E-state index contributed by atoms with van der Waals surface area (Å²) in [5.74, 6) is 0.981. The van der Waals surface area contributed by atoms with Crippen molar-refractivity contribution < 1.29 is 9.53 Å². The van der Waals surface area contributed by atoms with Crippen molar-refractivity contribution in [2.45, 2.75) is 56.7 Å². The number of aromatic nitrogens is 2. The molecule has 2 aromatic rings. The number of benzene rings is 1. The Hall–Kier alpha value is -3.17. The van der Waals surface area contributed by atoms with Gasteiger partial charge in [0, 0.05) is 62.5 Å². The first-order valence-electron chi connectivity index (χ1n) is 15.0. The van der Waals surface area contributed by atoms with Gasteiger partial charge in [0.2, 0.25) is 5.91 Å². The number of nitrogens with zero attached hydrogens (tertiary/aromatic N) is 6. The van der Waals surface area contributed by atoms with Crippen molar-refractivity contribution in [1.29, 1.82) is 0 Å². The molecule has 9 heteroatoms. The molecule has 2 fully saturated rings. The highest BCUT2D eigenvalue weighted by Gasteiger charge is 2.35. The van der Waals surface area contributed by atoms with Crippen LogP contribution in [0.3, 0.4) is 0 Å². The lowest BCUT2D eigenvalue weighted by Crippen LogP contribution is -2.58. The van der Waals surface area contributed by atoms with Crippen molar-refractivity contribution in [2.75, 3.05) is 69.8 Å². The van der Waals surface area contributed by atoms with E-state index in [1.807, 2.05) is 11.9 Å². The fraction of sp³-hybridized carbons (Fsp3) is 0.581. The molecule has 214 valence electrons. The summed E-state index contributed by atoms with van der Waals surface area (Å²) in [6.45, 7) is 9.33. The van der Waals surface area contributed by atoms with Crippen molar-refractivity contribution >= 4 is 17.4 Å². The van der Waals surface area contributed by atoms with Gasteiger partial charge < -0.3 is 29.7 Å². The minimum atomic E-state index is -0.0111. The minimum absolute atomic E-state index is 0.0111. The van der Waals surface area contributed by atoms with E-state index >= 15 is 0 Å². The molecule has 3 aliphatic heterocycles. The summed E-state index contributed by atoms with van der Waals surface area (Å²) in [6.07, 6.45) is 7.82. The van der Waals surface area contributed by atoms with E-state index in [1.54, 1.807) is 0 Å². The Morgan fingerprint density at radius 1 is 1.12 bits per heavy atom. The molecule has 4 heterocycles. The molecule has 1 N–H and O–H groups in total. The van der Waals surface area contributed by atoms with Gasteiger partial charge >= 0.3 is 6.01 Å². The number of likely N-dealkylation sites (tertiary alicyclic amines) is 1. The van der Waals surface area contributed by atoms with E-state index in [-0.39, 0.29) is 11.9 Å². The Labute approximate surface area is 238 Å². The molecular formula is C31H43N7O2. The number of hydrogen-bond acceptors (Lipinski definition) is 8. The number of likely N-dealkylation sites (N-methyl/N-ethyl adjacent to an activating group) is 2. The smallest absolute Gasteiger partial charge is 0.318 e. The normalized spacial score (nSPS) is 24.6. The molecule has 1 amide bonds. The van der Waals surface area contributed by atoms with Crippen molar-refractivity contribution in [3.63, 3.8) is 0 Å². The van der Waals surface area contributed by atoms with Crippen LogP contribution in [0.15, 0.2) is 36.9 Å². The fourth-order valence-corrected chi connectivity index (χ4v) is 7.12. The number of fused-ring (bicyclic) bond motifs is 2. The lowest BCUT2D eigenvalue weighted by Gasteiger charge is -2.43. The number of para-hydroxylation sites is 1. The highest BCUT2D eigenvalue weighted by atomic mass is 16.5. The van der Waals surface area contributed by atoms with Gasteiger partial charge in [-0.15, -0.1) is 0 Å². The highest BCUT2D eigenvalue weighted by Crippen LogP contribution is 2.37. The first-order valence-corrected chi connectivity index (χ1v) is 15.0. The second-order valence-corrected chi connectivity index (χ2v) is 11.7. The van der Waals surface area contributed by atoms with Crippen LogP contribution in [0.1, 0.15) is 36.1 Å². The summed E-state index contributed by atoms with van der Waals surface area (Å²) in [6, 6.07) is 10.2. The summed E-state index contributed by atoms with van der Waals surface area (Å²) in [5.41, 5.74) is 5.20. The topological polar surface area (TPSA) is 77.1 Å². The summed E-state index contributed by atoms with van der Waals surface area (Å²) in [5, 5.41) is 3.27. The first-order chi connectivity index (χ1) is 19.6. The van der Waals surface area contributed by atoms with Gasteiger partial charge in [-0.3, -0.25) is 4.79 Å². The number of hydrogen-bond donors (Lipinski definition) is 1. The summed E-state index contributed by atoms with van der Waals surface area (Å²) in [7, 11) is 4.11. The van der Waals surface area contributed by atoms with Gasteiger partial charge in [0.25, 0.3) is 0 Å². The average molecular weight is 546 g/mol. The largest absolute Gasteiger partial charge is 0.462 e. The van der Waals surface area contributed by atoms with Gasteiger partial charge in [-0.05, 0) is 70.5 Å². The predicted octanol–water partition coefficient (Wildman–Crippen LogP) is 2.29. The van der Waals surface area contributed by atoms with Crippen LogP contribution in [0, 0.1) is 0 Å². The Morgan fingerprint density at radius 2 is 2.00 bits per heavy atom. The maximum Gasteiger partial charge on any atom is 0.318 e. The molecule has 1 aromatic heterocycles. The monoisotopic (exact) mass is 545 g/mol. The van der Waals surface area contributed by atoms with Crippen molar-refractivity contribution in [3.05, 3.63) is 53.7 Å². The molecule has 2 saturated heterocycles. The SMILES string of the molecule is C=CC(=O)N1CCN(c2nc(OC[C@@H]3CCCN3C)nc3c2CCC(N2CCc4ccccc42)C3)C[C@@H]1CNC. The zero-order valence-corrected chi connectivity index (χ0v) is 24.0. The molecular weight excluding hydrogens is 502 g/mol. The molecule has 1 aromatic carbocycles. The van der Waals surface area contributed by atoms with Gasteiger partial charge in [-0.2, -0.15) is 9.97 Å². The second-order valence-electron chi connectivity index (χ2n) is 11.7. The molecule has 4 aliphatic rings. The van der Waals surface area contributed by atoms with E-state index < -0.39 is 0 Å². The number of carbonyl (C=O) groups is 1. The molecule has 1 unspecified atom stereocenters. The summed E-state index contributed by atoms with van der Waals surface area (Å²) >= 11 is 0. The molecule has 0 saturated carbocycles. The number of amides is 1. The molecule has 1 aliphatic carbocycles. The van der Waals surface area contributed by atoms with E-state index in [4.69, 9.17) is 14.7 Å². The number of nitrogens with one attached hydrogen (secondary N) is 1. The summed E-state index contributed by atoms with van der Waals surface area (Å²) < 4.78 is 6.33. The van der Waals surface area contributed by atoms with E-state index in [9.17, 15) is 4.79 Å². The van der Waals surface area contributed by atoms with Crippen LogP contribution in [0.2, 0.25) is 0 Å². The maximum absolute atomic E-state index is 12.6. The van der Waals surface area contributed by atoms with E-state index in [1.165, 1.54) is 29.3 Å². The number of carbonyl (C=O) groups excluding carboxylic acids is 1. The van der Waals surface area contributed by atoms with Crippen LogP contribution < -0.4 is 19.9 Å². The fourth-order valence-electron chi connectivity index (χ4n) is 7.12. The van der Waals surface area contributed by atoms with E-state index in [0.29, 0.717) is 31.2 Å². The molecule has 0 bridgehead atoms. The molecule has 9 nitrogen and oxygen atoms in total. The molecule has 40 heavy (non-hydrogen) atoms. The second kappa shape index (κ2) is 11.7. The third kappa shape index (κ3) is 5.29. The zero-order valence-electron chi connectivity index (χ0n) is 24.0. The molecule has 6 rings (SSSR count). The molecule has 0 radical (unpaired) electrons. The van der Waals surface area contributed by atoms with Crippen LogP contribution in [0.25, 0.3) is 0 Å². The molecule has 3 atom stereocenters. The minimum Gasteiger partial charge on any atom is -0.462 e. The molecule has 0 spiro atoms. The van der Waals surface area contributed by atoms with Gasteiger partial charge in [-0.1, -0.05) is 24.8 Å². The number of piperazine rings is 1. The van der Waals surface area contributed by atoms with Crippen molar-refractivity contribution in [2.24, 2.45) is 0 Å². The van der Waals surface area contributed by atoms with E-state index in [0.717, 1.165) is 76.3 Å². The highest BCUT2D eigenvalue weighted by molar-refractivity contribution is 5.87. The van der Waals surface area contributed by atoms with Crippen molar-refractivity contribution in [3.8, 4) is 6.01 Å². The van der Waals surface area contributed by atoms with Crippen LogP contribution in [-0.2, 0) is 24.1 Å². The number of ether oxygens (including phenoxy) is 1.